The Balaban J connectivity index is 2.57. The van der Waals surface area contributed by atoms with Crippen molar-refractivity contribution < 1.29 is 21.6 Å². The zero-order valence-corrected chi connectivity index (χ0v) is 13.1. The van der Waals surface area contributed by atoms with Gasteiger partial charge in [0, 0.05) is 11.9 Å². The normalized spacial score (nSPS) is 12.2. The molecule has 0 amide bonds. The topological polar surface area (TPSA) is 46.2 Å². The summed E-state index contributed by atoms with van der Waals surface area (Å²) < 4.78 is 64.7. The molecule has 0 unspecified atom stereocenters. The first-order valence-electron chi connectivity index (χ1n) is 6.05. The van der Waals surface area contributed by atoms with Gasteiger partial charge in [0.2, 0.25) is 0 Å². The van der Waals surface area contributed by atoms with Gasteiger partial charge in [-0.3, -0.25) is 0 Å². The molecule has 118 valence electrons. The van der Waals surface area contributed by atoms with Crippen molar-refractivity contribution in [2.45, 2.75) is 11.1 Å². The molecule has 8 heteroatoms. The van der Waals surface area contributed by atoms with Crippen LogP contribution in [0.1, 0.15) is 5.56 Å². The van der Waals surface area contributed by atoms with E-state index >= 15 is 0 Å². The van der Waals surface area contributed by atoms with E-state index in [0.29, 0.717) is 0 Å². The molecule has 0 heterocycles. The van der Waals surface area contributed by atoms with E-state index < -0.39 is 21.6 Å². The van der Waals surface area contributed by atoms with Gasteiger partial charge in [0.1, 0.15) is 0 Å². The van der Waals surface area contributed by atoms with Crippen LogP contribution in [0.2, 0.25) is 0 Å². The van der Waals surface area contributed by atoms with Gasteiger partial charge >= 0.3 is 6.18 Å². The van der Waals surface area contributed by atoms with E-state index in [1.54, 1.807) is 0 Å². The lowest BCUT2D eigenvalue weighted by Crippen LogP contribution is -2.07. The van der Waals surface area contributed by atoms with Gasteiger partial charge in [0.05, 0.1) is 10.5 Å². The van der Waals surface area contributed by atoms with E-state index in [4.69, 9.17) is 0 Å². The maximum atomic E-state index is 13.2. The third-order valence-corrected chi connectivity index (χ3v) is 4.43. The van der Waals surface area contributed by atoms with Gasteiger partial charge in [-0.25, -0.2) is 8.42 Å². The molecule has 2 aromatic rings. The third kappa shape index (κ3) is 3.56. The zero-order valence-electron chi connectivity index (χ0n) is 11.3. The Kier molecular flexibility index (Phi) is 4.44. The summed E-state index contributed by atoms with van der Waals surface area (Å²) in [6, 6.07) is 9.01. The van der Waals surface area contributed by atoms with Crippen LogP contribution < -0.4 is 4.72 Å². The summed E-state index contributed by atoms with van der Waals surface area (Å²) >= 11 is 3.74. The van der Waals surface area contributed by atoms with Crippen LogP contribution in [-0.2, 0) is 16.0 Å². The molecular formula is C14H12F3NO2S2. The van der Waals surface area contributed by atoms with Gasteiger partial charge in [-0.1, -0.05) is 31.0 Å². The number of nitrogens with one attached hydrogen (secondary N) is 1. The minimum Gasteiger partial charge on any atom is -0.332 e. The number of anilines is 1. The second-order valence-electron chi connectivity index (χ2n) is 4.67. The van der Waals surface area contributed by atoms with Crippen molar-refractivity contribution in [1.29, 1.82) is 0 Å². The van der Waals surface area contributed by atoms with Gasteiger partial charge in [0.15, 0.2) is 9.84 Å². The molecule has 3 nitrogen and oxygen atoms in total. The van der Waals surface area contributed by atoms with Crippen LogP contribution >= 0.6 is 12.8 Å². The minimum atomic E-state index is -4.54. The van der Waals surface area contributed by atoms with E-state index in [2.05, 4.69) is 17.5 Å². The molecular weight excluding hydrogens is 335 g/mol. The molecule has 22 heavy (non-hydrogen) atoms. The summed E-state index contributed by atoms with van der Waals surface area (Å²) in [6.07, 6.45) is -3.50. The molecule has 2 rings (SSSR count). The first kappa shape index (κ1) is 16.7. The van der Waals surface area contributed by atoms with E-state index in [1.807, 2.05) is 0 Å². The lowest BCUT2D eigenvalue weighted by Gasteiger charge is -2.15. The van der Waals surface area contributed by atoms with Crippen LogP contribution in [0.25, 0.3) is 11.1 Å². The summed E-state index contributed by atoms with van der Waals surface area (Å²) in [7, 11) is -3.39. The summed E-state index contributed by atoms with van der Waals surface area (Å²) in [5, 5.41) is 0. The highest BCUT2D eigenvalue weighted by molar-refractivity contribution is 7.90. The first-order chi connectivity index (χ1) is 10.1. The van der Waals surface area contributed by atoms with E-state index in [1.165, 1.54) is 36.4 Å². The number of benzene rings is 2. The Morgan fingerprint density at radius 3 is 2.09 bits per heavy atom. The van der Waals surface area contributed by atoms with Crippen molar-refractivity contribution in [3.63, 3.8) is 0 Å². The van der Waals surface area contributed by atoms with Crippen LogP contribution in [0.3, 0.4) is 0 Å². The lowest BCUT2D eigenvalue weighted by molar-refractivity contribution is -0.137. The Morgan fingerprint density at radius 2 is 1.64 bits per heavy atom. The predicted octanol–water partition coefficient (Wildman–Crippen LogP) is 4.03. The van der Waals surface area contributed by atoms with Crippen molar-refractivity contribution in [3.05, 3.63) is 48.0 Å². The second-order valence-corrected chi connectivity index (χ2v) is 6.91. The second kappa shape index (κ2) is 5.85. The Labute approximate surface area is 131 Å². The molecule has 0 aliphatic carbocycles. The number of halogens is 3. The molecule has 0 bridgehead atoms. The molecule has 0 fully saturated rings. The van der Waals surface area contributed by atoms with Crippen LogP contribution in [-0.4, -0.2) is 14.7 Å². The maximum Gasteiger partial charge on any atom is 0.417 e. The van der Waals surface area contributed by atoms with Crippen LogP contribution in [0.5, 0.6) is 0 Å². The van der Waals surface area contributed by atoms with Gasteiger partial charge in [-0.2, -0.15) is 13.2 Å². The highest BCUT2D eigenvalue weighted by Gasteiger charge is 2.34. The molecule has 0 aliphatic heterocycles. The Morgan fingerprint density at radius 1 is 1.05 bits per heavy atom. The number of hydrogen-bond donors (Lipinski definition) is 2. The molecule has 0 spiro atoms. The smallest absolute Gasteiger partial charge is 0.332 e. The number of alkyl halides is 3. The number of thiol groups is 1. The Hall–Kier alpha value is -1.67. The molecule has 0 saturated heterocycles. The summed E-state index contributed by atoms with van der Waals surface area (Å²) in [5.74, 6) is 0. The van der Waals surface area contributed by atoms with Crippen molar-refractivity contribution >= 4 is 28.3 Å². The third-order valence-electron chi connectivity index (χ3n) is 3.05. The fourth-order valence-corrected chi connectivity index (χ4v) is 2.75. The number of sulfone groups is 1. The Bertz CT molecular complexity index is 785. The molecule has 0 aromatic heterocycles. The molecule has 1 N–H and O–H groups in total. The first-order valence-corrected chi connectivity index (χ1v) is 8.38. The van der Waals surface area contributed by atoms with Crippen LogP contribution in [0, 0.1) is 0 Å². The van der Waals surface area contributed by atoms with E-state index in [-0.39, 0.29) is 21.7 Å². The van der Waals surface area contributed by atoms with Crippen molar-refractivity contribution in [2.75, 3.05) is 11.0 Å². The largest absolute Gasteiger partial charge is 0.417 e. The van der Waals surface area contributed by atoms with Crippen LogP contribution in [0.4, 0.5) is 18.9 Å². The van der Waals surface area contributed by atoms with Gasteiger partial charge in [-0.15, -0.1) is 0 Å². The number of hydrogen-bond acceptors (Lipinski definition) is 4. The molecule has 2 aromatic carbocycles. The molecule has 0 radical (unpaired) electrons. The minimum absolute atomic E-state index is 0.0279. The lowest BCUT2D eigenvalue weighted by atomic mass is 9.99. The van der Waals surface area contributed by atoms with Gasteiger partial charge in [0.25, 0.3) is 0 Å². The van der Waals surface area contributed by atoms with E-state index in [9.17, 15) is 21.6 Å². The summed E-state index contributed by atoms with van der Waals surface area (Å²) in [4.78, 5) is 0.0541. The fourth-order valence-electron chi connectivity index (χ4n) is 1.98. The summed E-state index contributed by atoms with van der Waals surface area (Å²) in [5.41, 5.74) is -0.351. The quantitative estimate of drug-likeness (QED) is 0.824. The van der Waals surface area contributed by atoms with Gasteiger partial charge in [-0.05, 0) is 35.4 Å². The number of rotatable bonds is 3. The molecule has 0 atom stereocenters. The van der Waals surface area contributed by atoms with Crippen molar-refractivity contribution in [3.8, 4) is 11.1 Å². The zero-order chi connectivity index (χ0) is 16.5. The van der Waals surface area contributed by atoms with E-state index in [0.717, 1.165) is 12.3 Å². The maximum absolute atomic E-state index is 13.2. The SMILES string of the molecule is CS(=O)(=O)c1ccc(-c2ccc(NS)cc2C(F)(F)F)cc1. The molecule has 0 aliphatic rings. The van der Waals surface area contributed by atoms with Crippen molar-refractivity contribution in [2.24, 2.45) is 0 Å². The predicted molar refractivity (Wildman–Crippen MR) is 82.6 cm³/mol. The monoisotopic (exact) mass is 347 g/mol. The highest BCUT2D eigenvalue weighted by Crippen LogP contribution is 2.38. The van der Waals surface area contributed by atoms with Crippen molar-refractivity contribution in [1.82, 2.24) is 0 Å². The van der Waals surface area contributed by atoms with Crippen LogP contribution in [0.15, 0.2) is 47.4 Å². The average molecular weight is 347 g/mol. The summed E-state index contributed by atoms with van der Waals surface area (Å²) in [6.45, 7) is 0. The molecule has 0 saturated carbocycles. The highest BCUT2D eigenvalue weighted by atomic mass is 32.2. The fraction of sp³-hybridized carbons (Fsp3) is 0.143. The average Bonchev–Trinajstić information content (AvgIpc) is 2.45. The standard InChI is InChI=1S/C14H12F3NO2S2/c1-22(19,20)11-5-2-9(3-6-11)12-7-4-10(18-21)8-13(12)14(15,16)17/h2-8,18,21H,1H3. The van der Waals surface area contributed by atoms with Gasteiger partial charge < -0.3 is 4.72 Å².